The maximum atomic E-state index is 14.0. The third-order valence-corrected chi connectivity index (χ3v) is 10.7. The summed E-state index contributed by atoms with van der Waals surface area (Å²) in [6.45, 7) is 5.49. The number of nitrogens with one attached hydrogen (secondary N) is 2. The van der Waals surface area contributed by atoms with Gasteiger partial charge in [0.15, 0.2) is 5.82 Å². The largest absolute Gasteiger partial charge is 0.478 e. The molecule has 2 amide bonds. The zero-order valence-electron chi connectivity index (χ0n) is 26.1. The second-order valence-corrected chi connectivity index (χ2v) is 14.1. The monoisotopic (exact) mass is 682 g/mol. The highest BCUT2D eigenvalue weighted by Crippen LogP contribution is 2.44. The summed E-state index contributed by atoms with van der Waals surface area (Å²) in [5.74, 6) is -4.95. The Bertz CT molecular complexity index is 2070. The quantitative estimate of drug-likeness (QED) is 0.217. The standard InChI is InChI=1S/C31H32F2N8O6S/c1-31(2)26-23(16-41(31)48(46,47)20-11-18(32)10-19(33)12-20)28(37-36-26)35-29(43)22-14-25(40-5-4-17(15-40)30(44)45)24(13-21(22)27(34)42)39-8-6-38(3)7-9-39/h4-5,10-15H,6-9,16H2,1-3H3,(H2,34,42)(H,44,45)(H2,35,36,37,43). The molecular formula is C31H32F2N8O6S. The van der Waals surface area contributed by atoms with Crippen LogP contribution in [0.1, 0.15) is 56.2 Å². The number of aromatic carboxylic acids is 1. The molecule has 2 aromatic carbocycles. The van der Waals surface area contributed by atoms with Gasteiger partial charge in [0.25, 0.3) is 5.91 Å². The van der Waals surface area contributed by atoms with E-state index in [-0.39, 0.29) is 29.1 Å². The number of carboxylic acids is 1. The first-order valence-electron chi connectivity index (χ1n) is 14.8. The Labute approximate surface area is 273 Å². The van der Waals surface area contributed by atoms with Crippen LogP contribution in [0.3, 0.4) is 0 Å². The molecule has 4 heterocycles. The maximum Gasteiger partial charge on any atom is 0.337 e. The number of aromatic amines is 1. The van der Waals surface area contributed by atoms with E-state index in [4.69, 9.17) is 5.73 Å². The molecular weight excluding hydrogens is 650 g/mol. The number of carboxylic acid groups (broad SMARTS) is 1. The van der Waals surface area contributed by atoms with Crippen molar-refractivity contribution < 1.29 is 36.7 Å². The first-order valence-corrected chi connectivity index (χ1v) is 16.2. The van der Waals surface area contributed by atoms with Crippen LogP contribution in [0.4, 0.5) is 20.3 Å². The van der Waals surface area contributed by atoms with Crippen LogP contribution >= 0.6 is 0 Å². The topological polar surface area (TPSA) is 187 Å². The van der Waals surface area contributed by atoms with Crippen LogP contribution in [-0.4, -0.2) is 88.5 Å². The fraction of sp³-hybridized carbons (Fsp3) is 0.290. The molecule has 1 fully saturated rings. The predicted molar refractivity (Wildman–Crippen MR) is 170 cm³/mol. The zero-order chi connectivity index (χ0) is 34.7. The van der Waals surface area contributed by atoms with Crippen LogP contribution in [0.5, 0.6) is 0 Å². The third kappa shape index (κ3) is 5.69. The lowest BCUT2D eigenvalue weighted by atomic mass is 10.0. The van der Waals surface area contributed by atoms with Gasteiger partial charge < -0.3 is 30.5 Å². The fourth-order valence-corrected chi connectivity index (χ4v) is 7.88. The molecule has 0 bridgehead atoms. The molecule has 5 N–H and O–H groups in total. The summed E-state index contributed by atoms with van der Waals surface area (Å²) in [5.41, 5.74) is 5.93. The summed E-state index contributed by atoms with van der Waals surface area (Å²) in [5, 5.41) is 19.1. The van der Waals surface area contributed by atoms with E-state index in [1.807, 2.05) is 11.9 Å². The van der Waals surface area contributed by atoms with Crippen LogP contribution in [0.2, 0.25) is 0 Å². The van der Waals surface area contributed by atoms with Crippen molar-refractivity contribution in [3.8, 4) is 5.69 Å². The highest BCUT2D eigenvalue weighted by atomic mass is 32.2. The lowest BCUT2D eigenvalue weighted by Gasteiger charge is -2.35. The minimum Gasteiger partial charge on any atom is -0.478 e. The van der Waals surface area contributed by atoms with Crippen molar-refractivity contribution in [3.05, 3.63) is 88.4 Å². The van der Waals surface area contributed by atoms with Crippen LogP contribution in [0.15, 0.2) is 53.7 Å². The number of hydrogen-bond donors (Lipinski definition) is 4. The molecule has 1 saturated heterocycles. The average molecular weight is 683 g/mol. The Kier molecular flexibility index (Phi) is 8.09. The second kappa shape index (κ2) is 11.8. The van der Waals surface area contributed by atoms with Gasteiger partial charge in [0.1, 0.15) is 11.6 Å². The molecule has 0 saturated carbocycles. The molecule has 0 aliphatic carbocycles. The first kappa shape index (κ1) is 32.8. The number of piperazine rings is 1. The molecule has 17 heteroatoms. The number of likely N-dealkylation sites (N-methyl/N-ethyl adjacent to an activating group) is 1. The number of nitrogens with two attached hydrogens (primary N) is 1. The van der Waals surface area contributed by atoms with Gasteiger partial charge in [-0.1, -0.05) is 0 Å². The van der Waals surface area contributed by atoms with Crippen molar-refractivity contribution in [1.29, 1.82) is 0 Å². The van der Waals surface area contributed by atoms with E-state index in [1.165, 1.54) is 30.6 Å². The van der Waals surface area contributed by atoms with Gasteiger partial charge in [-0.05, 0) is 51.2 Å². The van der Waals surface area contributed by atoms with Gasteiger partial charge in [-0.15, -0.1) is 0 Å². The van der Waals surface area contributed by atoms with Crippen molar-refractivity contribution in [2.45, 2.75) is 30.8 Å². The van der Waals surface area contributed by atoms with Crippen molar-refractivity contribution in [1.82, 2.24) is 24.0 Å². The molecule has 0 unspecified atom stereocenters. The van der Waals surface area contributed by atoms with Crippen molar-refractivity contribution in [2.75, 3.05) is 43.4 Å². The number of amides is 2. The summed E-state index contributed by atoms with van der Waals surface area (Å²) in [6, 6.07) is 6.37. The summed E-state index contributed by atoms with van der Waals surface area (Å²) < 4.78 is 57.7. The number of aromatic nitrogens is 3. The number of nitrogens with zero attached hydrogens (tertiary/aromatic N) is 5. The number of H-pyrrole nitrogens is 1. The molecule has 2 aliphatic rings. The van der Waals surface area contributed by atoms with Gasteiger partial charge in [-0.3, -0.25) is 14.7 Å². The normalized spacial score (nSPS) is 16.6. The summed E-state index contributed by atoms with van der Waals surface area (Å²) in [6.07, 6.45) is 2.93. The number of hydrogen-bond acceptors (Lipinski definition) is 8. The van der Waals surface area contributed by atoms with Gasteiger partial charge in [0, 0.05) is 56.7 Å². The van der Waals surface area contributed by atoms with Gasteiger partial charge in [0.2, 0.25) is 15.9 Å². The molecule has 2 aliphatic heterocycles. The number of carbonyl (C=O) groups is 3. The Balaban J connectivity index is 1.38. The van der Waals surface area contributed by atoms with Crippen LogP contribution in [0, 0.1) is 11.6 Å². The summed E-state index contributed by atoms with van der Waals surface area (Å²) in [4.78, 5) is 41.9. The zero-order valence-corrected chi connectivity index (χ0v) is 26.9. The number of carbonyl (C=O) groups excluding carboxylic acids is 2. The number of benzene rings is 2. The van der Waals surface area contributed by atoms with Gasteiger partial charge >= 0.3 is 5.97 Å². The number of anilines is 2. The number of halogens is 2. The molecule has 4 aromatic rings. The smallest absolute Gasteiger partial charge is 0.337 e. The average Bonchev–Trinajstić information content (AvgIpc) is 3.73. The maximum absolute atomic E-state index is 14.0. The molecule has 0 atom stereocenters. The Morgan fingerprint density at radius 2 is 1.65 bits per heavy atom. The van der Waals surface area contributed by atoms with Crippen molar-refractivity contribution in [3.63, 3.8) is 0 Å². The van der Waals surface area contributed by atoms with E-state index >= 15 is 0 Å². The first-order chi connectivity index (χ1) is 22.6. The molecule has 0 spiro atoms. The molecule has 2 aromatic heterocycles. The number of primary amides is 1. The number of fused-ring (bicyclic) bond motifs is 1. The van der Waals surface area contributed by atoms with E-state index in [0.29, 0.717) is 41.8 Å². The minimum absolute atomic E-state index is 0.0134. The van der Waals surface area contributed by atoms with Crippen LogP contribution in [0.25, 0.3) is 5.69 Å². The van der Waals surface area contributed by atoms with E-state index in [0.717, 1.165) is 29.5 Å². The lowest BCUT2D eigenvalue weighted by Crippen LogP contribution is -2.45. The van der Waals surface area contributed by atoms with Crippen molar-refractivity contribution in [2.24, 2.45) is 5.73 Å². The molecule has 252 valence electrons. The van der Waals surface area contributed by atoms with Gasteiger partial charge in [-0.2, -0.15) is 9.40 Å². The lowest BCUT2D eigenvalue weighted by molar-refractivity contribution is 0.0696. The predicted octanol–water partition coefficient (Wildman–Crippen LogP) is 2.72. The molecule has 48 heavy (non-hydrogen) atoms. The molecule has 0 radical (unpaired) electrons. The Hall–Kier alpha value is -5.13. The van der Waals surface area contributed by atoms with Crippen LogP contribution in [-0.2, 0) is 22.1 Å². The number of rotatable bonds is 8. The van der Waals surface area contributed by atoms with Crippen LogP contribution < -0.4 is 16.0 Å². The van der Waals surface area contributed by atoms with Crippen molar-refractivity contribution >= 4 is 39.3 Å². The fourth-order valence-electron chi connectivity index (χ4n) is 6.11. The van der Waals surface area contributed by atoms with E-state index in [1.54, 1.807) is 18.4 Å². The highest BCUT2D eigenvalue weighted by molar-refractivity contribution is 7.89. The minimum atomic E-state index is -4.42. The summed E-state index contributed by atoms with van der Waals surface area (Å²) >= 11 is 0. The molecule has 14 nitrogen and oxygen atoms in total. The number of sulfonamides is 1. The Morgan fingerprint density at radius 1 is 1.00 bits per heavy atom. The Morgan fingerprint density at radius 3 is 2.25 bits per heavy atom. The van der Waals surface area contributed by atoms with Gasteiger partial charge in [-0.25, -0.2) is 22.0 Å². The summed E-state index contributed by atoms with van der Waals surface area (Å²) in [7, 11) is -2.44. The van der Waals surface area contributed by atoms with E-state index < -0.39 is 49.9 Å². The highest BCUT2D eigenvalue weighted by Gasteiger charge is 2.48. The van der Waals surface area contributed by atoms with E-state index in [9.17, 15) is 36.7 Å². The SMILES string of the molecule is CN1CCN(c2cc(C(N)=O)c(C(=O)Nc3n[nH]c4c3CN(S(=O)(=O)c3cc(F)cc(F)c3)C4(C)C)cc2-n2ccc(C(=O)O)c2)CC1. The van der Waals surface area contributed by atoms with E-state index in [2.05, 4.69) is 20.4 Å². The molecule has 6 rings (SSSR count). The van der Waals surface area contributed by atoms with Gasteiger partial charge in [0.05, 0.1) is 44.2 Å². The second-order valence-electron chi connectivity index (χ2n) is 12.2. The third-order valence-electron chi connectivity index (χ3n) is 8.75.